The van der Waals surface area contributed by atoms with Crippen molar-refractivity contribution in [1.29, 1.82) is 0 Å². The van der Waals surface area contributed by atoms with Crippen molar-refractivity contribution in [2.45, 2.75) is 25.4 Å². The van der Waals surface area contributed by atoms with Crippen molar-refractivity contribution in [2.75, 3.05) is 5.32 Å². The van der Waals surface area contributed by atoms with E-state index in [1.165, 1.54) is 16.8 Å². The van der Waals surface area contributed by atoms with Crippen LogP contribution in [0.1, 0.15) is 39.3 Å². The number of aromatic nitrogens is 2. The smallest absolute Gasteiger partial charge is 0.276 e. The Balaban J connectivity index is 1.54. The summed E-state index contributed by atoms with van der Waals surface area (Å²) in [5, 5.41) is 9.84. The number of carbonyl (C=O) groups excluding carboxylic acids is 2. The lowest BCUT2D eigenvalue weighted by Crippen LogP contribution is -2.28. The molecule has 0 bridgehead atoms. The zero-order chi connectivity index (χ0) is 20.2. The van der Waals surface area contributed by atoms with Gasteiger partial charge < -0.3 is 10.6 Å². The third-order valence-corrected chi connectivity index (χ3v) is 4.61. The second-order valence-corrected chi connectivity index (χ2v) is 6.95. The Labute approximate surface area is 167 Å². The van der Waals surface area contributed by atoms with Crippen LogP contribution in [0.15, 0.2) is 71.5 Å². The van der Waals surface area contributed by atoms with E-state index in [1.807, 2.05) is 30.3 Å². The maximum absolute atomic E-state index is 12.7. The minimum Gasteiger partial charge on any atom is -0.349 e. The predicted molar refractivity (Wildman–Crippen MR) is 109 cm³/mol. The lowest BCUT2D eigenvalue weighted by atomic mass is 10.1. The van der Waals surface area contributed by atoms with Crippen LogP contribution in [0.5, 0.6) is 0 Å². The Bertz CT molecular complexity index is 1100. The van der Waals surface area contributed by atoms with Crippen molar-refractivity contribution in [1.82, 2.24) is 15.1 Å². The summed E-state index contributed by atoms with van der Waals surface area (Å²) < 4.78 is 1.25. The van der Waals surface area contributed by atoms with Gasteiger partial charge >= 0.3 is 0 Å². The number of amides is 2. The van der Waals surface area contributed by atoms with Gasteiger partial charge in [-0.05, 0) is 36.6 Å². The van der Waals surface area contributed by atoms with Crippen LogP contribution >= 0.6 is 0 Å². The lowest BCUT2D eigenvalue weighted by molar-refractivity contribution is 0.0952. The van der Waals surface area contributed by atoms with Gasteiger partial charge in [0.05, 0.1) is 17.8 Å². The van der Waals surface area contributed by atoms with Crippen molar-refractivity contribution >= 4 is 17.5 Å². The first-order valence-corrected chi connectivity index (χ1v) is 9.43. The largest absolute Gasteiger partial charge is 0.349 e. The van der Waals surface area contributed by atoms with Gasteiger partial charge in [0.15, 0.2) is 0 Å². The maximum Gasteiger partial charge on any atom is 0.276 e. The molecule has 1 fully saturated rings. The van der Waals surface area contributed by atoms with Gasteiger partial charge in [-0.15, -0.1) is 0 Å². The van der Waals surface area contributed by atoms with Gasteiger partial charge in [0.25, 0.3) is 17.4 Å². The molecular weight excluding hydrogens is 368 g/mol. The van der Waals surface area contributed by atoms with E-state index in [1.54, 1.807) is 24.3 Å². The molecule has 7 heteroatoms. The van der Waals surface area contributed by atoms with Crippen LogP contribution in [0.3, 0.4) is 0 Å². The molecule has 0 atom stereocenters. The van der Waals surface area contributed by atoms with Crippen LogP contribution in [0, 0.1) is 0 Å². The van der Waals surface area contributed by atoms with Crippen LogP contribution in [-0.4, -0.2) is 27.6 Å². The average Bonchev–Trinajstić information content (AvgIpc) is 3.54. The van der Waals surface area contributed by atoms with E-state index < -0.39 is 5.91 Å². The third-order valence-electron chi connectivity index (χ3n) is 4.61. The zero-order valence-corrected chi connectivity index (χ0v) is 15.7. The van der Waals surface area contributed by atoms with E-state index >= 15 is 0 Å². The van der Waals surface area contributed by atoms with Crippen LogP contribution < -0.4 is 16.2 Å². The number of benzene rings is 2. The quantitative estimate of drug-likeness (QED) is 0.678. The second kappa shape index (κ2) is 8.10. The molecule has 0 spiro atoms. The number of nitrogens with zero attached hydrogens (tertiary/aromatic N) is 2. The molecule has 1 saturated carbocycles. The van der Waals surface area contributed by atoms with E-state index in [-0.39, 0.29) is 29.7 Å². The van der Waals surface area contributed by atoms with E-state index in [0.29, 0.717) is 11.3 Å². The Morgan fingerprint density at radius 1 is 0.931 bits per heavy atom. The van der Waals surface area contributed by atoms with Crippen molar-refractivity contribution in [3.05, 3.63) is 93.9 Å². The number of hydrogen-bond donors (Lipinski definition) is 2. The summed E-state index contributed by atoms with van der Waals surface area (Å²) in [6.07, 6.45) is 1.96. The maximum atomic E-state index is 12.7. The standard InChI is InChI=1S/C22H20N4O3/c27-20-13-12-19(25-26(20)14-15-6-2-1-3-7-15)22(29)24-18-9-5-4-8-17(18)21(28)23-16-10-11-16/h1-9,12-13,16H,10-11,14H2,(H,23,28)(H,24,29). The normalized spacial score (nSPS) is 13.0. The number of anilines is 1. The predicted octanol–water partition coefficient (Wildman–Crippen LogP) is 2.44. The lowest BCUT2D eigenvalue weighted by Gasteiger charge is -2.11. The summed E-state index contributed by atoms with van der Waals surface area (Å²) >= 11 is 0. The molecule has 7 nitrogen and oxygen atoms in total. The van der Waals surface area contributed by atoms with Crippen LogP contribution in [0.25, 0.3) is 0 Å². The number of carbonyl (C=O) groups is 2. The fourth-order valence-corrected chi connectivity index (χ4v) is 2.91. The summed E-state index contributed by atoms with van der Waals surface area (Å²) in [7, 11) is 0. The first-order valence-electron chi connectivity index (χ1n) is 9.43. The molecule has 2 N–H and O–H groups in total. The monoisotopic (exact) mass is 388 g/mol. The third kappa shape index (κ3) is 4.57. The van der Waals surface area contributed by atoms with Crippen LogP contribution in [0.4, 0.5) is 5.69 Å². The van der Waals surface area contributed by atoms with Gasteiger partial charge in [0, 0.05) is 12.1 Å². The molecule has 0 saturated heterocycles. The van der Waals surface area contributed by atoms with Gasteiger partial charge in [0.1, 0.15) is 5.69 Å². The van der Waals surface area contributed by atoms with E-state index in [9.17, 15) is 14.4 Å². The molecular formula is C22H20N4O3. The highest BCUT2D eigenvalue weighted by Crippen LogP contribution is 2.21. The molecule has 3 aromatic rings. The summed E-state index contributed by atoms with van der Waals surface area (Å²) in [6.45, 7) is 0.265. The van der Waals surface area contributed by atoms with Crippen LogP contribution in [-0.2, 0) is 6.54 Å². The SMILES string of the molecule is O=C(Nc1ccccc1C(=O)NC1CC1)c1ccc(=O)n(Cc2ccccc2)n1. The zero-order valence-electron chi connectivity index (χ0n) is 15.7. The molecule has 1 heterocycles. The molecule has 1 aliphatic rings. The van der Waals surface area contributed by atoms with Gasteiger partial charge in [-0.3, -0.25) is 14.4 Å². The van der Waals surface area contributed by atoms with Crippen LogP contribution in [0.2, 0.25) is 0 Å². The Hall–Kier alpha value is -3.74. The molecule has 0 aliphatic heterocycles. The molecule has 146 valence electrons. The average molecular weight is 388 g/mol. The molecule has 29 heavy (non-hydrogen) atoms. The van der Waals surface area contributed by atoms with Gasteiger partial charge in [-0.1, -0.05) is 42.5 Å². The minimum atomic E-state index is -0.488. The van der Waals surface area contributed by atoms with Crippen molar-refractivity contribution in [3.63, 3.8) is 0 Å². The molecule has 1 aliphatic carbocycles. The molecule has 4 rings (SSSR count). The molecule has 0 radical (unpaired) electrons. The summed E-state index contributed by atoms with van der Waals surface area (Å²) in [5.41, 5.74) is 1.50. The Kier molecular flexibility index (Phi) is 5.20. The highest BCUT2D eigenvalue weighted by molar-refractivity contribution is 6.08. The van der Waals surface area contributed by atoms with Crippen molar-refractivity contribution < 1.29 is 9.59 Å². The molecule has 2 amide bonds. The van der Waals surface area contributed by atoms with E-state index in [4.69, 9.17) is 0 Å². The topological polar surface area (TPSA) is 93.1 Å². The fraction of sp³-hybridized carbons (Fsp3) is 0.182. The Morgan fingerprint density at radius 2 is 1.66 bits per heavy atom. The number of para-hydroxylation sites is 1. The first-order chi connectivity index (χ1) is 14.1. The fourth-order valence-electron chi connectivity index (χ4n) is 2.91. The highest BCUT2D eigenvalue weighted by atomic mass is 16.2. The van der Waals surface area contributed by atoms with Crippen molar-refractivity contribution in [2.24, 2.45) is 0 Å². The Morgan fingerprint density at radius 3 is 2.41 bits per heavy atom. The minimum absolute atomic E-state index is 0.0953. The van der Waals surface area contributed by atoms with Crippen molar-refractivity contribution in [3.8, 4) is 0 Å². The molecule has 1 aromatic heterocycles. The van der Waals surface area contributed by atoms with E-state index in [0.717, 1.165) is 18.4 Å². The summed E-state index contributed by atoms with van der Waals surface area (Å²) in [6, 6.07) is 19.1. The number of hydrogen-bond acceptors (Lipinski definition) is 4. The summed E-state index contributed by atoms with van der Waals surface area (Å²) in [4.78, 5) is 37.3. The molecule has 0 unspecified atom stereocenters. The molecule has 2 aromatic carbocycles. The van der Waals surface area contributed by atoms with Gasteiger partial charge in [0.2, 0.25) is 0 Å². The van der Waals surface area contributed by atoms with E-state index in [2.05, 4.69) is 15.7 Å². The number of nitrogens with one attached hydrogen (secondary N) is 2. The summed E-state index contributed by atoms with van der Waals surface area (Å²) in [5.74, 6) is -0.705. The highest BCUT2D eigenvalue weighted by Gasteiger charge is 2.25. The second-order valence-electron chi connectivity index (χ2n) is 6.95. The van der Waals surface area contributed by atoms with Gasteiger partial charge in [-0.2, -0.15) is 5.10 Å². The first kappa shape index (κ1) is 18.6. The number of rotatable bonds is 6. The van der Waals surface area contributed by atoms with Gasteiger partial charge in [-0.25, -0.2) is 4.68 Å².